The van der Waals surface area contributed by atoms with Crippen LogP contribution in [0.2, 0.25) is 0 Å². The summed E-state index contributed by atoms with van der Waals surface area (Å²) in [6.07, 6.45) is 0.652. The third kappa shape index (κ3) is 3.76. The van der Waals surface area contributed by atoms with Gasteiger partial charge < -0.3 is 10.8 Å². The predicted octanol–water partition coefficient (Wildman–Crippen LogP) is 2.11. The van der Waals surface area contributed by atoms with Crippen LogP contribution in [0.5, 0.6) is 0 Å². The van der Waals surface area contributed by atoms with Crippen LogP contribution in [0, 0.1) is 0 Å². The molecule has 4 nitrogen and oxygen atoms in total. The molecule has 0 aliphatic rings. The number of aliphatic hydroxyl groups is 1. The first kappa shape index (κ1) is 13.0. The SMILES string of the molecule is N/C(=N\N=C/c1ccccc1)C(O)c1ccccc1. The molecule has 0 saturated heterocycles. The summed E-state index contributed by atoms with van der Waals surface area (Å²) in [6, 6.07) is 18.7. The Morgan fingerprint density at radius 3 is 2.21 bits per heavy atom. The molecule has 19 heavy (non-hydrogen) atoms. The third-order valence-electron chi connectivity index (χ3n) is 2.58. The Labute approximate surface area is 111 Å². The van der Waals surface area contributed by atoms with Gasteiger partial charge in [-0.25, -0.2) is 0 Å². The van der Waals surface area contributed by atoms with Crippen molar-refractivity contribution in [2.24, 2.45) is 15.9 Å². The molecule has 1 unspecified atom stereocenters. The Balaban J connectivity index is 2.05. The second-order valence-electron chi connectivity index (χ2n) is 3.99. The van der Waals surface area contributed by atoms with Crippen LogP contribution in [0.15, 0.2) is 70.9 Å². The molecule has 1 atom stereocenters. The lowest BCUT2D eigenvalue weighted by atomic mass is 10.1. The van der Waals surface area contributed by atoms with Crippen molar-refractivity contribution in [1.82, 2.24) is 0 Å². The van der Waals surface area contributed by atoms with E-state index < -0.39 is 6.10 Å². The molecule has 0 heterocycles. The second-order valence-corrected chi connectivity index (χ2v) is 3.99. The predicted molar refractivity (Wildman–Crippen MR) is 77.1 cm³/mol. The standard InChI is InChI=1S/C15H15N3O/c16-15(14(19)13-9-5-2-6-10-13)18-17-11-12-7-3-1-4-8-12/h1-11,14,19H,(H2,16,18)/b17-11-. The van der Waals surface area contributed by atoms with Gasteiger partial charge in [0.25, 0.3) is 0 Å². The molecule has 0 spiro atoms. The van der Waals surface area contributed by atoms with Gasteiger partial charge in [0, 0.05) is 0 Å². The van der Waals surface area contributed by atoms with Crippen molar-refractivity contribution in [3.05, 3.63) is 71.8 Å². The van der Waals surface area contributed by atoms with Crippen molar-refractivity contribution in [2.45, 2.75) is 6.10 Å². The molecule has 0 aromatic heterocycles. The molecule has 3 N–H and O–H groups in total. The topological polar surface area (TPSA) is 71.0 Å². The molecule has 0 amide bonds. The number of hydrogen-bond donors (Lipinski definition) is 2. The summed E-state index contributed by atoms with van der Waals surface area (Å²) in [5.41, 5.74) is 7.32. The van der Waals surface area contributed by atoms with Gasteiger partial charge in [-0.15, -0.1) is 5.10 Å². The zero-order valence-electron chi connectivity index (χ0n) is 10.3. The van der Waals surface area contributed by atoms with Crippen LogP contribution in [-0.2, 0) is 0 Å². The smallest absolute Gasteiger partial charge is 0.155 e. The van der Waals surface area contributed by atoms with E-state index in [2.05, 4.69) is 10.2 Å². The maximum absolute atomic E-state index is 9.96. The van der Waals surface area contributed by atoms with Crippen LogP contribution in [0.1, 0.15) is 17.2 Å². The highest BCUT2D eigenvalue weighted by atomic mass is 16.3. The quantitative estimate of drug-likeness (QED) is 0.497. The number of rotatable bonds is 4. The fourth-order valence-electron chi connectivity index (χ4n) is 1.56. The van der Waals surface area contributed by atoms with E-state index in [0.29, 0.717) is 5.56 Å². The first-order chi connectivity index (χ1) is 9.27. The number of benzene rings is 2. The van der Waals surface area contributed by atoms with Crippen LogP contribution in [0.4, 0.5) is 0 Å². The van der Waals surface area contributed by atoms with E-state index in [-0.39, 0.29) is 5.84 Å². The largest absolute Gasteiger partial charge is 0.383 e. The summed E-state index contributed by atoms with van der Waals surface area (Å²) < 4.78 is 0. The Morgan fingerprint density at radius 1 is 1.00 bits per heavy atom. The first-order valence-electron chi connectivity index (χ1n) is 5.92. The summed E-state index contributed by atoms with van der Waals surface area (Å²) in [6.45, 7) is 0. The minimum atomic E-state index is -0.936. The fourth-order valence-corrected chi connectivity index (χ4v) is 1.56. The maximum Gasteiger partial charge on any atom is 0.155 e. The minimum absolute atomic E-state index is 0.0679. The van der Waals surface area contributed by atoms with Gasteiger partial charge in [0.05, 0.1) is 6.21 Å². The molecule has 0 aliphatic carbocycles. The van der Waals surface area contributed by atoms with E-state index in [0.717, 1.165) is 5.56 Å². The van der Waals surface area contributed by atoms with Gasteiger partial charge >= 0.3 is 0 Å². The van der Waals surface area contributed by atoms with E-state index in [1.165, 1.54) is 0 Å². The average molecular weight is 253 g/mol. The maximum atomic E-state index is 9.96. The van der Waals surface area contributed by atoms with E-state index in [9.17, 15) is 5.11 Å². The Morgan fingerprint density at radius 2 is 1.58 bits per heavy atom. The Hall–Kier alpha value is -2.46. The molecule has 0 saturated carbocycles. The number of nitrogens with two attached hydrogens (primary N) is 1. The molecule has 0 aliphatic heterocycles. The van der Waals surface area contributed by atoms with Crippen LogP contribution in [0.25, 0.3) is 0 Å². The number of hydrogen-bond acceptors (Lipinski definition) is 3. The van der Waals surface area contributed by atoms with E-state index in [4.69, 9.17) is 5.73 Å². The molecule has 4 heteroatoms. The average Bonchev–Trinajstić information content (AvgIpc) is 2.48. The van der Waals surface area contributed by atoms with Crippen molar-refractivity contribution < 1.29 is 5.11 Å². The van der Waals surface area contributed by atoms with Crippen molar-refractivity contribution >= 4 is 12.1 Å². The second kappa shape index (κ2) is 6.47. The molecule has 2 aromatic rings. The lowest BCUT2D eigenvalue weighted by Gasteiger charge is -2.08. The molecule has 0 radical (unpaired) electrons. The number of aliphatic hydroxyl groups excluding tert-OH is 1. The Kier molecular flexibility index (Phi) is 4.42. The van der Waals surface area contributed by atoms with Crippen molar-refractivity contribution in [1.29, 1.82) is 0 Å². The van der Waals surface area contributed by atoms with Gasteiger partial charge in [0.15, 0.2) is 5.84 Å². The molecular weight excluding hydrogens is 238 g/mol. The van der Waals surface area contributed by atoms with Gasteiger partial charge in [-0.1, -0.05) is 60.7 Å². The van der Waals surface area contributed by atoms with Crippen LogP contribution in [-0.4, -0.2) is 17.2 Å². The van der Waals surface area contributed by atoms with Gasteiger partial charge in [0.2, 0.25) is 0 Å². The highest BCUT2D eigenvalue weighted by molar-refractivity contribution is 5.87. The van der Waals surface area contributed by atoms with Gasteiger partial charge in [-0.3, -0.25) is 0 Å². The number of amidine groups is 1. The van der Waals surface area contributed by atoms with E-state index in [1.807, 2.05) is 48.5 Å². The molecule has 2 aromatic carbocycles. The summed E-state index contributed by atoms with van der Waals surface area (Å²) in [4.78, 5) is 0. The van der Waals surface area contributed by atoms with Gasteiger partial charge in [0.1, 0.15) is 6.10 Å². The number of nitrogens with zero attached hydrogens (tertiary/aromatic N) is 2. The van der Waals surface area contributed by atoms with Crippen LogP contribution >= 0.6 is 0 Å². The van der Waals surface area contributed by atoms with Crippen LogP contribution < -0.4 is 5.73 Å². The lowest BCUT2D eigenvalue weighted by molar-refractivity contribution is 0.245. The lowest BCUT2D eigenvalue weighted by Crippen LogP contribution is -2.21. The first-order valence-corrected chi connectivity index (χ1v) is 5.92. The van der Waals surface area contributed by atoms with Crippen molar-refractivity contribution in [2.75, 3.05) is 0 Å². The molecule has 0 bridgehead atoms. The zero-order chi connectivity index (χ0) is 13.5. The van der Waals surface area contributed by atoms with Crippen molar-refractivity contribution in [3.8, 4) is 0 Å². The summed E-state index contributed by atoms with van der Waals surface area (Å²) in [7, 11) is 0. The fraction of sp³-hybridized carbons (Fsp3) is 0.0667. The molecule has 0 fully saturated rings. The highest BCUT2D eigenvalue weighted by Gasteiger charge is 2.10. The van der Waals surface area contributed by atoms with Crippen molar-refractivity contribution in [3.63, 3.8) is 0 Å². The third-order valence-corrected chi connectivity index (χ3v) is 2.58. The minimum Gasteiger partial charge on any atom is -0.383 e. The normalized spacial score (nSPS) is 13.6. The molecule has 2 rings (SSSR count). The molecule has 96 valence electrons. The summed E-state index contributed by atoms with van der Waals surface area (Å²) in [5, 5.41) is 17.6. The van der Waals surface area contributed by atoms with E-state index >= 15 is 0 Å². The summed E-state index contributed by atoms with van der Waals surface area (Å²) in [5.74, 6) is 0.0679. The van der Waals surface area contributed by atoms with Gasteiger partial charge in [-0.05, 0) is 11.1 Å². The van der Waals surface area contributed by atoms with E-state index in [1.54, 1.807) is 18.3 Å². The summed E-state index contributed by atoms with van der Waals surface area (Å²) >= 11 is 0. The van der Waals surface area contributed by atoms with Gasteiger partial charge in [-0.2, -0.15) is 5.10 Å². The molecular formula is C15H15N3O. The zero-order valence-corrected chi connectivity index (χ0v) is 10.3. The Bertz CT molecular complexity index is 564. The van der Waals surface area contributed by atoms with Crippen LogP contribution in [0.3, 0.4) is 0 Å². The highest BCUT2D eigenvalue weighted by Crippen LogP contribution is 2.11. The monoisotopic (exact) mass is 253 g/mol.